The molecule has 0 aliphatic carbocycles. The Morgan fingerprint density at radius 1 is 0.882 bits per heavy atom. The van der Waals surface area contributed by atoms with Gasteiger partial charge in [0.2, 0.25) is 15.9 Å². The highest BCUT2D eigenvalue weighted by Crippen LogP contribution is 2.28. The van der Waals surface area contributed by atoms with Gasteiger partial charge in [-0.25, -0.2) is 13.1 Å². The molecule has 0 saturated heterocycles. The van der Waals surface area contributed by atoms with Crippen molar-refractivity contribution in [3.05, 3.63) is 54.6 Å². The standard InChI is InChI=1S/C22H23N5O6S/c1-30-16-6-4-15(5-7-16)22-25-24-20-10-11-21(26-27(20)22)33-13-12-23-34(28,29)19-9-8-17(31-2)14-18(19)32-3/h4-11,14,23H,12-13H2,1-3H3. The van der Waals surface area contributed by atoms with E-state index in [-0.39, 0.29) is 23.8 Å². The van der Waals surface area contributed by atoms with Gasteiger partial charge in [0.1, 0.15) is 28.8 Å². The highest BCUT2D eigenvalue weighted by Gasteiger charge is 2.20. The second-order valence-corrected chi connectivity index (χ2v) is 8.69. The molecule has 0 unspecified atom stereocenters. The van der Waals surface area contributed by atoms with Crippen molar-refractivity contribution < 1.29 is 27.4 Å². The van der Waals surface area contributed by atoms with Crippen LogP contribution in [0.3, 0.4) is 0 Å². The minimum atomic E-state index is -3.82. The number of methoxy groups -OCH3 is 3. The first-order valence-corrected chi connectivity index (χ1v) is 11.6. The lowest BCUT2D eigenvalue weighted by atomic mass is 10.2. The maximum Gasteiger partial charge on any atom is 0.244 e. The molecule has 0 aliphatic heterocycles. The van der Waals surface area contributed by atoms with Gasteiger partial charge in [-0.15, -0.1) is 15.3 Å². The number of hydrogen-bond acceptors (Lipinski definition) is 9. The fraction of sp³-hybridized carbons (Fsp3) is 0.227. The van der Waals surface area contributed by atoms with E-state index < -0.39 is 10.0 Å². The molecule has 34 heavy (non-hydrogen) atoms. The molecular weight excluding hydrogens is 462 g/mol. The zero-order chi connectivity index (χ0) is 24.1. The van der Waals surface area contributed by atoms with E-state index in [4.69, 9.17) is 18.9 Å². The van der Waals surface area contributed by atoms with E-state index in [2.05, 4.69) is 20.0 Å². The molecule has 0 amide bonds. The molecule has 0 atom stereocenters. The average Bonchev–Trinajstić information content (AvgIpc) is 3.29. The summed E-state index contributed by atoms with van der Waals surface area (Å²) in [6.45, 7) is 0.0704. The number of nitrogens with zero attached hydrogens (tertiary/aromatic N) is 4. The van der Waals surface area contributed by atoms with Crippen LogP contribution in [0.25, 0.3) is 17.0 Å². The maximum atomic E-state index is 12.7. The third kappa shape index (κ3) is 4.87. The molecule has 178 valence electrons. The van der Waals surface area contributed by atoms with Crippen LogP contribution in [0.2, 0.25) is 0 Å². The Morgan fingerprint density at radius 3 is 2.32 bits per heavy atom. The van der Waals surface area contributed by atoms with E-state index in [9.17, 15) is 8.42 Å². The number of benzene rings is 2. The predicted molar refractivity (Wildman–Crippen MR) is 123 cm³/mol. The molecule has 0 spiro atoms. The Hall–Kier alpha value is -3.90. The summed E-state index contributed by atoms with van der Waals surface area (Å²) in [5.74, 6) is 2.23. The van der Waals surface area contributed by atoms with Crippen LogP contribution in [-0.2, 0) is 10.0 Å². The topological polar surface area (TPSA) is 126 Å². The van der Waals surface area contributed by atoms with Crippen LogP contribution >= 0.6 is 0 Å². The Bertz CT molecular complexity index is 1390. The summed E-state index contributed by atoms with van der Waals surface area (Å²) in [5, 5.41) is 12.7. The van der Waals surface area contributed by atoms with Gasteiger partial charge in [0.15, 0.2) is 11.5 Å². The van der Waals surface area contributed by atoms with Gasteiger partial charge in [-0.3, -0.25) is 0 Å². The highest BCUT2D eigenvalue weighted by molar-refractivity contribution is 7.89. The summed E-state index contributed by atoms with van der Waals surface area (Å²) in [6, 6.07) is 15.2. The molecule has 2 aromatic heterocycles. The first-order chi connectivity index (χ1) is 16.4. The number of ether oxygens (including phenoxy) is 4. The number of fused-ring (bicyclic) bond motifs is 1. The van der Waals surface area contributed by atoms with Gasteiger partial charge in [-0.1, -0.05) is 0 Å². The van der Waals surface area contributed by atoms with E-state index in [1.165, 1.54) is 26.4 Å². The van der Waals surface area contributed by atoms with E-state index in [1.807, 2.05) is 24.3 Å². The highest BCUT2D eigenvalue weighted by atomic mass is 32.2. The number of hydrogen-bond donors (Lipinski definition) is 1. The van der Waals surface area contributed by atoms with E-state index >= 15 is 0 Å². The SMILES string of the molecule is COc1ccc(-c2nnc3ccc(OCCNS(=O)(=O)c4ccc(OC)cc4OC)nn23)cc1. The van der Waals surface area contributed by atoms with E-state index in [1.54, 1.807) is 29.8 Å². The van der Waals surface area contributed by atoms with Crippen molar-refractivity contribution in [3.8, 4) is 34.5 Å². The summed E-state index contributed by atoms with van der Waals surface area (Å²) >= 11 is 0. The second-order valence-electron chi connectivity index (χ2n) is 6.96. The van der Waals surface area contributed by atoms with Gasteiger partial charge in [0.25, 0.3) is 0 Å². The van der Waals surface area contributed by atoms with Crippen LogP contribution in [-0.4, -0.2) is 62.7 Å². The van der Waals surface area contributed by atoms with E-state index in [0.717, 1.165) is 11.3 Å². The second kappa shape index (κ2) is 9.93. The lowest BCUT2D eigenvalue weighted by molar-refractivity contribution is 0.305. The minimum Gasteiger partial charge on any atom is -0.497 e. The Morgan fingerprint density at radius 2 is 1.62 bits per heavy atom. The van der Waals surface area contributed by atoms with Crippen LogP contribution in [0.4, 0.5) is 0 Å². The van der Waals surface area contributed by atoms with Crippen molar-refractivity contribution in [1.29, 1.82) is 0 Å². The largest absolute Gasteiger partial charge is 0.497 e. The predicted octanol–water partition coefficient (Wildman–Crippen LogP) is 2.17. The first-order valence-electron chi connectivity index (χ1n) is 10.2. The Kier molecular flexibility index (Phi) is 6.80. The van der Waals surface area contributed by atoms with Crippen molar-refractivity contribution in [1.82, 2.24) is 24.5 Å². The van der Waals surface area contributed by atoms with Crippen molar-refractivity contribution in [2.45, 2.75) is 4.90 Å². The Labute approximate surface area is 196 Å². The summed E-state index contributed by atoms with van der Waals surface area (Å²) < 4.78 is 50.5. The lowest BCUT2D eigenvalue weighted by Gasteiger charge is -2.12. The molecule has 2 heterocycles. The summed E-state index contributed by atoms with van der Waals surface area (Å²) in [6.07, 6.45) is 0. The van der Waals surface area contributed by atoms with Crippen molar-refractivity contribution in [2.24, 2.45) is 0 Å². The molecule has 2 aromatic carbocycles. The Balaban J connectivity index is 1.43. The zero-order valence-corrected chi connectivity index (χ0v) is 19.6. The van der Waals surface area contributed by atoms with E-state index in [0.29, 0.717) is 23.1 Å². The van der Waals surface area contributed by atoms with Gasteiger partial charge in [-0.2, -0.15) is 4.52 Å². The fourth-order valence-corrected chi connectivity index (χ4v) is 4.34. The molecule has 12 heteroatoms. The van der Waals surface area contributed by atoms with Crippen molar-refractivity contribution >= 4 is 15.7 Å². The van der Waals surface area contributed by atoms with Crippen LogP contribution in [0.15, 0.2) is 59.5 Å². The van der Waals surface area contributed by atoms with Gasteiger partial charge >= 0.3 is 0 Å². The third-order valence-electron chi connectivity index (χ3n) is 4.89. The molecule has 0 bridgehead atoms. The van der Waals surface area contributed by atoms with Gasteiger partial charge < -0.3 is 18.9 Å². The van der Waals surface area contributed by atoms with Crippen LogP contribution < -0.4 is 23.7 Å². The summed E-state index contributed by atoms with van der Waals surface area (Å²) in [4.78, 5) is 0.00367. The molecule has 4 aromatic rings. The zero-order valence-electron chi connectivity index (χ0n) is 18.8. The van der Waals surface area contributed by atoms with Crippen LogP contribution in [0, 0.1) is 0 Å². The quantitative estimate of drug-likeness (QED) is 0.336. The van der Waals surface area contributed by atoms with Crippen molar-refractivity contribution in [3.63, 3.8) is 0 Å². The molecule has 0 saturated carbocycles. The van der Waals surface area contributed by atoms with Gasteiger partial charge in [0, 0.05) is 24.2 Å². The lowest BCUT2D eigenvalue weighted by Crippen LogP contribution is -2.28. The number of aromatic nitrogens is 4. The molecule has 1 N–H and O–H groups in total. The van der Waals surface area contributed by atoms with Crippen LogP contribution in [0.1, 0.15) is 0 Å². The minimum absolute atomic E-state index is 0.00367. The molecule has 4 rings (SSSR count). The van der Waals surface area contributed by atoms with Gasteiger partial charge in [-0.05, 0) is 42.5 Å². The normalized spacial score (nSPS) is 11.4. The monoisotopic (exact) mass is 485 g/mol. The average molecular weight is 486 g/mol. The first kappa shape index (κ1) is 23.3. The molecular formula is C22H23N5O6S. The molecule has 0 fully saturated rings. The smallest absolute Gasteiger partial charge is 0.244 e. The molecule has 0 radical (unpaired) electrons. The molecule has 0 aliphatic rings. The summed E-state index contributed by atoms with van der Waals surface area (Å²) in [5.41, 5.74) is 1.35. The summed E-state index contributed by atoms with van der Waals surface area (Å²) in [7, 11) is 0.657. The number of nitrogens with one attached hydrogen (secondary N) is 1. The third-order valence-corrected chi connectivity index (χ3v) is 6.39. The maximum absolute atomic E-state index is 12.7. The van der Waals surface area contributed by atoms with Crippen molar-refractivity contribution in [2.75, 3.05) is 34.5 Å². The number of rotatable bonds is 10. The number of sulfonamides is 1. The van der Waals surface area contributed by atoms with Gasteiger partial charge in [0.05, 0.1) is 21.3 Å². The van der Waals surface area contributed by atoms with Crippen LogP contribution in [0.5, 0.6) is 23.1 Å². The molecule has 11 nitrogen and oxygen atoms in total. The fourth-order valence-electron chi connectivity index (χ4n) is 3.18.